The summed E-state index contributed by atoms with van der Waals surface area (Å²) in [5.41, 5.74) is -0.441. The molecular weight excluding hydrogens is 280 g/mol. The molecule has 1 saturated heterocycles. The minimum absolute atomic E-state index is 0.195. The largest absolute Gasteiger partial charge is 0.444 e. The summed E-state index contributed by atoms with van der Waals surface area (Å²) in [5, 5.41) is 13.1. The Hall–Kier alpha value is -0.810. The molecule has 1 aliphatic heterocycles. The Balaban J connectivity index is 1.84. The van der Waals surface area contributed by atoms with Gasteiger partial charge in [-0.05, 0) is 52.4 Å². The summed E-state index contributed by atoms with van der Waals surface area (Å²) < 4.78 is 5.51. The van der Waals surface area contributed by atoms with Gasteiger partial charge in [0.25, 0.3) is 0 Å². The van der Waals surface area contributed by atoms with Crippen LogP contribution in [0.4, 0.5) is 4.79 Å². The van der Waals surface area contributed by atoms with E-state index in [1.807, 2.05) is 25.7 Å². The zero-order valence-corrected chi connectivity index (χ0v) is 14.3. The Morgan fingerprint density at radius 2 is 1.95 bits per heavy atom. The summed E-state index contributed by atoms with van der Waals surface area (Å²) in [5.74, 6) is 0.366. The predicted octanol–water partition coefficient (Wildman–Crippen LogP) is 2.53. The van der Waals surface area contributed by atoms with Crippen LogP contribution < -0.4 is 5.32 Å². The van der Waals surface area contributed by atoms with Crippen LogP contribution in [-0.2, 0) is 4.74 Å². The van der Waals surface area contributed by atoms with Crippen LogP contribution in [0.5, 0.6) is 0 Å². The summed E-state index contributed by atoms with van der Waals surface area (Å²) in [6.07, 6.45) is 6.56. The summed E-state index contributed by atoms with van der Waals surface area (Å²) in [4.78, 5) is 14.1. The predicted molar refractivity (Wildman–Crippen MR) is 86.8 cm³/mol. The van der Waals surface area contributed by atoms with Crippen molar-refractivity contribution in [3.8, 4) is 0 Å². The average molecular weight is 312 g/mol. The van der Waals surface area contributed by atoms with Crippen molar-refractivity contribution in [2.75, 3.05) is 19.7 Å². The van der Waals surface area contributed by atoms with E-state index in [0.717, 1.165) is 38.8 Å². The topological polar surface area (TPSA) is 61.8 Å². The molecule has 0 aromatic carbocycles. The lowest BCUT2D eigenvalue weighted by atomic mass is 9.85. The fourth-order valence-electron chi connectivity index (χ4n) is 3.59. The molecule has 2 aliphatic rings. The number of likely N-dealkylation sites (tertiary alicyclic amines) is 1. The first-order valence-electron chi connectivity index (χ1n) is 8.74. The van der Waals surface area contributed by atoms with Crippen LogP contribution in [0.1, 0.15) is 59.3 Å². The molecule has 0 bridgehead atoms. The Kier molecular flexibility index (Phi) is 6.09. The molecule has 5 nitrogen and oxygen atoms in total. The summed E-state index contributed by atoms with van der Waals surface area (Å²) in [7, 11) is 0. The number of carbonyl (C=O) groups is 1. The van der Waals surface area contributed by atoms with Gasteiger partial charge in [-0.3, -0.25) is 0 Å². The molecule has 3 unspecified atom stereocenters. The number of amides is 1. The number of aliphatic hydroxyl groups is 1. The molecule has 2 N–H and O–H groups in total. The van der Waals surface area contributed by atoms with Gasteiger partial charge >= 0.3 is 6.09 Å². The van der Waals surface area contributed by atoms with Gasteiger partial charge < -0.3 is 20.1 Å². The van der Waals surface area contributed by atoms with Crippen LogP contribution in [0.2, 0.25) is 0 Å². The lowest BCUT2D eigenvalue weighted by Crippen LogP contribution is -2.48. The highest BCUT2D eigenvalue weighted by Crippen LogP contribution is 2.25. The quantitative estimate of drug-likeness (QED) is 0.837. The van der Waals surface area contributed by atoms with Gasteiger partial charge in [0.2, 0.25) is 0 Å². The highest BCUT2D eigenvalue weighted by molar-refractivity contribution is 5.69. The van der Waals surface area contributed by atoms with E-state index in [2.05, 4.69) is 5.32 Å². The zero-order valence-electron chi connectivity index (χ0n) is 14.3. The van der Waals surface area contributed by atoms with E-state index in [1.54, 1.807) is 0 Å². The first kappa shape index (κ1) is 17.5. The van der Waals surface area contributed by atoms with Gasteiger partial charge in [0, 0.05) is 31.8 Å². The van der Waals surface area contributed by atoms with Gasteiger partial charge in [0.1, 0.15) is 5.60 Å². The van der Waals surface area contributed by atoms with E-state index in [0.29, 0.717) is 12.0 Å². The molecule has 0 spiro atoms. The Morgan fingerprint density at radius 1 is 1.23 bits per heavy atom. The van der Waals surface area contributed by atoms with Crippen molar-refractivity contribution in [1.82, 2.24) is 10.2 Å². The van der Waals surface area contributed by atoms with E-state index in [1.165, 1.54) is 12.8 Å². The highest BCUT2D eigenvalue weighted by Gasteiger charge is 2.33. The molecule has 0 aromatic heterocycles. The molecule has 1 saturated carbocycles. The van der Waals surface area contributed by atoms with Crippen molar-refractivity contribution >= 4 is 6.09 Å². The van der Waals surface area contributed by atoms with Crippen molar-refractivity contribution in [2.45, 2.75) is 77.0 Å². The van der Waals surface area contributed by atoms with E-state index in [4.69, 9.17) is 4.74 Å². The smallest absolute Gasteiger partial charge is 0.410 e. The van der Waals surface area contributed by atoms with E-state index in [-0.39, 0.29) is 18.7 Å². The van der Waals surface area contributed by atoms with Crippen LogP contribution in [0.15, 0.2) is 0 Å². The standard InChI is InChI=1S/C17H32N2O3/c1-17(2,3)22-16(21)19-10-6-8-14(19)11-18-15-9-5-4-7-13(15)12-20/h13-15,18,20H,4-12H2,1-3H3. The monoisotopic (exact) mass is 312 g/mol. The Bertz CT molecular complexity index is 367. The maximum absolute atomic E-state index is 12.3. The fourth-order valence-corrected chi connectivity index (χ4v) is 3.59. The van der Waals surface area contributed by atoms with Gasteiger partial charge in [0.05, 0.1) is 0 Å². The summed E-state index contributed by atoms with van der Waals surface area (Å²) in [6, 6.07) is 0.607. The third-order valence-electron chi connectivity index (χ3n) is 4.76. The second-order valence-corrected chi connectivity index (χ2v) is 7.71. The summed E-state index contributed by atoms with van der Waals surface area (Å²) in [6.45, 7) is 7.57. The van der Waals surface area contributed by atoms with Crippen molar-refractivity contribution < 1.29 is 14.6 Å². The fraction of sp³-hybridized carbons (Fsp3) is 0.941. The molecule has 1 heterocycles. The number of nitrogens with zero attached hydrogens (tertiary/aromatic N) is 1. The van der Waals surface area contributed by atoms with E-state index in [9.17, 15) is 9.90 Å². The number of aliphatic hydroxyl groups excluding tert-OH is 1. The number of ether oxygens (including phenoxy) is 1. The van der Waals surface area contributed by atoms with Gasteiger partial charge in [-0.1, -0.05) is 12.8 Å². The molecule has 0 aromatic rings. The molecule has 128 valence electrons. The zero-order chi connectivity index (χ0) is 16.2. The van der Waals surface area contributed by atoms with Crippen LogP contribution in [-0.4, -0.2) is 53.5 Å². The van der Waals surface area contributed by atoms with Crippen molar-refractivity contribution in [1.29, 1.82) is 0 Å². The number of nitrogens with one attached hydrogen (secondary N) is 1. The summed E-state index contributed by atoms with van der Waals surface area (Å²) >= 11 is 0. The first-order chi connectivity index (χ1) is 10.4. The number of rotatable bonds is 4. The van der Waals surface area contributed by atoms with Gasteiger partial charge in [-0.2, -0.15) is 0 Å². The van der Waals surface area contributed by atoms with E-state index < -0.39 is 5.60 Å². The van der Waals surface area contributed by atoms with Gasteiger partial charge in [-0.15, -0.1) is 0 Å². The molecule has 1 amide bonds. The maximum Gasteiger partial charge on any atom is 0.410 e. The van der Waals surface area contributed by atoms with Crippen LogP contribution in [0.3, 0.4) is 0 Å². The lowest BCUT2D eigenvalue weighted by Gasteiger charge is -2.34. The van der Waals surface area contributed by atoms with Crippen LogP contribution in [0.25, 0.3) is 0 Å². The Morgan fingerprint density at radius 3 is 2.64 bits per heavy atom. The first-order valence-corrected chi connectivity index (χ1v) is 8.74. The second kappa shape index (κ2) is 7.64. The minimum atomic E-state index is -0.441. The third kappa shape index (κ3) is 4.85. The number of hydrogen-bond donors (Lipinski definition) is 2. The molecule has 3 atom stereocenters. The molecule has 0 radical (unpaired) electrons. The van der Waals surface area contributed by atoms with E-state index >= 15 is 0 Å². The van der Waals surface area contributed by atoms with Crippen LogP contribution in [0, 0.1) is 5.92 Å². The molecular formula is C17H32N2O3. The molecule has 22 heavy (non-hydrogen) atoms. The number of carbonyl (C=O) groups excluding carboxylic acids is 1. The maximum atomic E-state index is 12.3. The normalized spacial score (nSPS) is 29.6. The highest BCUT2D eigenvalue weighted by atomic mass is 16.6. The molecule has 1 aliphatic carbocycles. The van der Waals surface area contributed by atoms with Crippen molar-refractivity contribution in [3.63, 3.8) is 0 Å². The second-order valence-electron chi connectivity index (χ2n) is 7.71. The van der Waals surface area contributed by atoms with Crippen molar-refractivity contribution in [3.05, 3.63) is 0 Å². The SMILES string of the molecule is CC(C)(C)OC(=O)N1CCCC1CNC1CCCCC1CO. The van der Waals surface area contributed by atoms with Crippen LogP contribution >= 0.6 is 0 Å². The average Bonchev–Trinajstić information content (AvgIpc) is 2.92. The Labute approximate surface area is 134 Å². The number of hydrogen-bond acceptors (Lipinski definition) is 4. The molecule has 5 heteroatoms. The molecule has 2 rings (SSSR count). The van der Waals surface area contributed by atoms with Gasteiger partial charge in [0.15, 0.2) is 0 Å². The van der Waals surface area contributed by atoms with Gasteiger partial charge in [-0.25, -0.2) is 4.79 Å². The minimum Gasteiger partial charge on any atom is -0.444 e. The molecule has 2 fully saturated rings. The lowest BCUT2D eigenvalue weighted by molar-refractivity contribution is 0.0220. The third-order valence-corrected chi connectivity index (χ3v) is 4.76. The van der Waals surface area contributed by atoms with Crippen molar-refractivity contribution in [2.24, 2.45) is 5.92 Å².